The van der Waals surface area contributed by atoms with Crippen LogP contribution in [-0.2, 0) is 0 Å². The van der Waals surface area contributed by atoms with Crippen LogP contribution in [0.2, 0.25) is 0 Å². The zero-order valence-corrected chi connectivity index (χ0v) is 11.4. The smallest absolute Gasteiger partial charge is 0.00147 e. The van der Waals surface area contributed by atoms with Gasteiger partial charge in [-0.15, -0.1) is 0 Å². The molecule has 0 heterocycles. The van der Waals surface area contributed by atoms with Crippen molar-refractivity contribution in [3.63, 3.8) is 0 Å². The van der Waals surface area contributed by atoms with Crippen LogP contribution in [0, 0.1) is 19.8 Å². The molecule has 94 valence electrons. The summed E-state index contributed by atoms with van der Waals surface area (Å²) in [6.07, 6.45) is 4.01. The normalized spacial score (nSPS) is 23.5. The fraction of sp³-hybridized carbons (Fsp3) is 0.625. The van der Waals surface area contributed by atoms with E-state index < -0.39 is 0 Å². The Labute approximate surface area is 106 Å². The van der Waals surface area contributed by atoms with Crippen LogP contribution in [0.15, 0.2) is 18.2 Å². The quantitative estimate of drug-likeness (QED) is 0.760. The lowest BCUT2D eigenvalue weighted by molar-refractivity contribution is 0.246. The van der Waals surface area contributed by atoms with Gasteiger partial charge in [0.2, 0.25) is 0 Å². The van der Waals surface area contributed by atoms with E-state index in [0.29, 0.717) is 0 Å². The molecular weight excluding hydrogens is 206 g/mol. The van der Waals surface area contributed by atoms with Crippen LogP contribution < -0.4 is 5.32 Å². The van der Waals surface area contributed by atoms with Crippen molar-refractivity contribution in [1.82, 2.24) is 5.32 Å². The average molecular weight is 231 g/mol. The SMILES string of the molecule is CCCNCC1CCC1c1cc(C)cc(C)c1. The summed E-state index contributed by atoms with van der Waals surface area (Å²) in [5, 5.41) is 3.57. The molecular formula is C16H25N. The Morgan fingerprint density at radius 3 is 2.35 bits per heavy atom. The van der Waals surface area contributed by atoms with E-state index in [0.717, 1.165) is 18.4 Å². The Morgan fingerprint density at radius 2 is 1.82 bits per heavy atom. The van der Waals surface area contributed by atoms with Crippen molar-refractivity contribution in [2.75, 3.05) is 13.1 Å². The van der Waals surface area contributed by atoms with Crippen molar-refractivity contribution in [3.05, 3.63) is 34.9 Å². The van der Waals surface area contributed by atoms with Crippen LogP contribution in [-0.4, -0.2) is 13.1 Å². The molecule has 0 spiro atoms. The molecule has 0 amide bonds. The van der Waals surface area contributed by atoms with Crippen LogP contribution in [0.3, 0.4) is 0 Å². The van der Waals surface area contributed by atoms with E-state index in [1.165, 1.54) is 36.9 Å². The summed E-state index contributed by atoms with van der Waals surface area (Å²) < 4.78 is 0. The maximum Gasteiger partial charge on any atom is -0.00147 e. The molecule has 2 rings (SSSR count). The number of hydrogen-bond acceptors (Lipinski definition) is 1. The maximum absolute atomic E-state index is 3.57. The van der Waals surface area contributed by atoms with Gasteiger partial charge in [0.1, 0.15) is 0 Å². The Kier molecular flexibility index (Phi) is 4.22. The lowest BCUT2D eigenvalue weighted by Gasteiger charge is -2.37. The summed E-state index contributed by atoms with van der Waals surface area (Å²) in [7, 11) is 0. The second-order valence-electron chi connectivity index (χ2n) is 5.57. The average Bonchev–Trinajstić information content (AvgIpc) is 2.21. The molecule has 1 nitrogen and oxygen atoms in total. The van der Waals surface area contributed by atoms with Crippen molar-refractivity contribution < 1.29 is 0 Å². The Balaban J connectivity index is 1.97. The molecule has 1 heteroatoms. The minimum Gasteiger partial charge on any atom is -0.316 e. The van der Waals surface area contributed by atoms with E-state index in [-0.39, 0.29) is 0 Å². The number of rotatable bonds is 5. The Bertz CT molecular complexity index is 350. The molecule has 0 bridgehead atoms. The highest BCUT2D eigenvalue weighted by Crippen LogP contribution is 2.42. The van der Waals surface area contributed by atoms with Gasteiger partial charge in [-0.1, -0.05) is 36.2 Å². The highest BCUT2D eigenvalue weighted by atomic mass is 14.9. The third kappa shape index (κ3) is 3.10. The molecule has 1 N–H and O–H groups in total. The summed E-state index contributed by atoms with van der Waals surface area (Å²) >= 11 is 0. The van der Waals surface area contributed by atoms with E-state index in [1.807, 2.05) is 0 Å². The molecule has 0 saturated heterocycles. The van der Waals surface area contributed by atoms with Gasteiger partial charge < -0.3 is 5.32 Å². The Hall–Kier alpha value is -0.820. The van der Waals surface area contributed by atoms with Gasteiger partial charge in [-0.3, -0.25) is 0 Å². The first-order valence-electron chi connectivity index (χ1n) is 6.99. The van der Waals surface area contributed by atoms with Crippen molar-refractivity contribution in [1.29, 1.82) is 0 Å². The molecule has 2 unspecified atom stereocenters. The molecule has 2 atom stereocenters. The largest absolute Gasteiger partial charge is 0.316 e. The molecule has 0 aromatic heterocycles. The maximum atomic E-state index is 3.57. The standard InChI is InChI=1S/C16H25N/c1-4-7-17-11-14-5-6-16(14)15-9-12(2)8-13(3)10-15/h8-10,14,16-17H,4-7,11H2,1-3H3. The minimum absolute atomic E-state index is 0.804. The van der Waals surface area contributed by atoms with E-state index in [2.05, 4.69) is 44.3 Å². The lowest BCUT2D eigenvalue weighted by Crippen LogP contribution is -2.34. The zero-order chi connectivity index (χ0) is 12.3. The second-order valence-corrected chi connectivity index (χ2v) is 5.57. The molecule has 0 aliphatic heterocycles. The van der Waals surface area contributed by atoms with Gasteiger partial charge in [-0.25, -0.2) is 0 Å². The lowest BCUT2D eigenvalue weighted by atomic mass is 9.69. The van der Waals surface area contributed by atoms with Crippen LogP contribution in [0.4, 0.5) is 0 Å². The van der Waals surface area contributed by atoms with Gasteiger partial charge in [0.25, 0.3) is 0 Å². The summed E-state index contributed by atoms with van der Waals surface area (Å²) in [6, 6.07) is 7.03. The van der Waals surface area contributed by atoms with Crippen molar-refractivity contribution in [2.24, 2.45) is 5.92 Å². The van der Waals surface area contributed by atoms with E-state index >= 15 is 0 Å². The molecule has 1 aromatic carbocycles. The topological polar surface area (TPSA) is 12.0 Å². The van der Waals surface area contributed by atoms with Gasteiger partial charge in [-0.2, -0.15) is 0 Å². The van der Waals surface area contributed by atoms with Crippen molar-refractivity contribution in [3.8, 4) is 0 Å². The molecule has 1 aliphatic rings. The fourth-order valence-electron chi connectivity index (χ4n) is 2.94. The first-order valence-corrected chi connectivity index (χ1v) is 6.99. The van der Waals surface area contributed by atoms with Gasteiger partial charge in [-0.05, 0) is 63.6 Å². The van der Waals surface area contributed by atoms with E-state index in [4.69, 9.17) is 0 Å². The molecule has 1 aromatic rings. The van der Waals surface area contributed by atoms with Crippen LogP contribution >= 0.6 is 0 Å². The van der Waals surface area contributed by atoms with Crippen LogP contribution in [0.1, 0.15) is 48.8 Å². The molecule has 1 aliphatic carbocycles. The highest BCUT2D eigenvalue weighted by Gasteiger charge is 2.31. The first kappa shape index (κ1) is 12.6. The summed E-state index contributed by atoms with van der Waals surface area (Å²) in [6.45, 7) is 9.01. The predicted molar refractivity (Wildman–Crippen MR) is 74.5 cm³/mol. The molecule has 1 fully saturated rings. The first-order chi connectivity index (χ1) is 8.20. The monoisotopic (exact) mass is 231 g/mol. The number of aryl methyl sites for hydroxylation is 2. The third-order valence-corrected chi connectivity index (χ3v) is 3.92. The number of benzene rings is 1. The molecule has 1 saturated carbocycles. The van der Waals surface area contributed by atoms with Crippen LogP contribution in [0.5, 0.6) is 0 Å². The van der Waals surface area contributed by atoms with Crippen molar-refractivity contribution >= 4 is 0 Å². The summed E-state index contributed by atoms with van der Waals surface area (Å²) in [4.78, 5) is 0. The van der Waals surface area contributed by atoms with E-state index in [9.17, 15) is 0 Å². The summed E-state index contributed by atoms with van der Waals surface area (Å²) in [5.41, 5.74) is 4.39. The van der Waals surface area contributed by atoms with Crippen molar-refractivity contribution in [2.45, 2.75) is 46.0 Å². The summed E-state index contributed by atoms with van der Waals surface area (Å²) in [5.74, 6) is 1.67. The van der Waals surface area contributed by atoms with Gasteiger partial charge in [0.15, 0.2) is 0 Å². The fourth-order valence-corrected chi connectivity index (χ4v) is 2.94. The predicted octanol–water partition coefficient (Wildman–Crippen LogP) is 3.80. The number of hydrogen-bond donors (Lipinski definition) is 1. The van der Waals surface area contributed by atoms with Gasteiger partial charge in [0, 0.05) is 0 Å². The number of nitrogens with one attached hydrogen (secondary N) is 1. The third-order valence-electron chi connectivity index (χ3n) is 3.92. The van der Waals surface area contributed by atoms with E-state index in [1.54, 1.807) is 5.56 Å². The Morgan fingerprint density at radius 1 is 1.12 bits per heavy atom. The minimum atomic E-state index is 0.804. The zero-order valence-electron chi connectivity index (χ0n) is 11.4. The van der Waals surface area contributed by atoms with Gasteiger partial charge in [0.05, 0.1) is 0 Å². The molecule has 17 heavy (non-hydrogen) atoms. The molecule has 0 radical (unpaired) electrons. The van der Waals surface area contributed by atoms with Gasteiger partial charge >= 0.3 is 0 Å². The van der Waals surface area contributed by atoms with Crippen LogP contribution in [0.25, 0.3) is 0 Å². The highest BCUT2D eigenvalue weighted by molar-refractivity contribution is 5.32. The second kappa shape index (κ2) is 5.68.